The number of amides is 2. The van der Waals surface area contributed by atoms with Crippen molar-refractivity contribution in [3.8, 4) is 23.0 Å². The molecule has 10 nitrogen and oxygen atoms in total. The second-order valence-corrected chi connectivity index (χ2v) is 11.0. The number of rotatable bonds is 8. The third-order valence-corrected chi connectivity index (χ3v) is 8.17. The quantitative estimate of drug-likeness (QED) is 0.370. The van der Waals surface area contributed by atoms with E-state index < -0.39 is 0 Å². The Bertz CT molecular complexity index is 1320. The third-order valence-electron chi connectivity index (χ3n) is 8.17. The number of carbonyl (C=O) groups excluding carboxylic acids is 2. The van der Waals surface area contributed by atoms with Crippen LogP contribution < -0.4 is 29.6 Å². The molecule has 216 valence electrons. The van der Waals surface area contributed by atoms with Crippen molar-refractivity contribution in [2.45, 2.75) is 31.3 Å². The molecule has 0 spiro atoms. The Morgan fingerprint density at radius 3 is 1.59 bits per heavy atom. The lowest BCUT2D eigenvalue weighted by atomic mass is 10.1. The fourth-order valence-electron chi connectivity index (χ4n) is 6.09. The molecule has 0 radical (unpaired) electrons. The van der Waals surface area contributed by atoms with Gasteiger partial charge in [0.05, 0.1) is 62.0 Å². The van der Waals surface area contributed by atoms with Crippen molar-refractivity contribution < 1.29 is 28.5 Å². The zero-order valence-corrected chi connectivity index (χ0v) is 23.6. The van der Waals surface area contributed by atoms with Crippen LogP contribution in [-0.4, -0.2) is 87.3 Å². The van der Waals surface area contributed by atoms with Crippen LogP contribution in [-0.2, 0) is 0 Å². The fraction of sp³-hybridized carbons (Fsp3) is 0.419. The van der Waals surface area contributed by atoms with Gasteiger partial charge in [-0.2, -0.15) is 0 Å². The lowest BCUT2D eigenvalue weighted by molar-refractivity contribution is 0.0744. The van der Waals surface area contributed by atoms with Crippen molar-refractivity contribution in [2.24, 2.45) is 0 Å². The summed E-state index contributed by atoms with van der Waals surface area (Å²) in [5, 5.41) is 6.81. The molecule has 2 atom stereocenters. The Kier molecular flexibility index (Phi) is 7.15. The van der Waals surface area contributed by atoms with Crippen LogP contribution >= 0.6 is 0 Å². The summed E-state index contributed by atoms with van der Waals surface area (Å²) in [5.41, 5.74) is 4.77. The van der Waals surface area contributed by atoms with Gasteiger partial charge in [-0.1, -0.05) is 24.3 Å². The van der Waals surface area contributed by atoms with Crippen LogP contribution in [0.1, 0.15) is 40.0 Å². The summed E-state index contributed by atoms with van der Waals surface area (Å²) in [6, 6.07) is 7.37. The molecule has 2 aromatic carbocycles. The minimum Gasteiger partial charge on any atom is -0.493 e. The molecule has 2 saturated heterocycles. The minimum atomic E-state index is -0.0244. The number of hydrogen-bond donors (Lipinski definition) is 2. The van der Waals surface area contributed by atoms with Gasteiger partial charge in [0.15, 0.2) is 23.0 Å². The molecule has 6 rings (SSSR count). The van der Waals surface area contributed by atoms with Gasteiger partial charge in [0.25, 0.3) is 11.8 Å². The lowest BCUT2D eigenvalue weighted by Crippen LogP contribution is -2.36. The Hall–Kier alpha value is -4.34. The second-order valence-electron chi connectivity index (χ2n) is 11.0. The summed E-state index contributed by atoms with van der Waals surface area (Å²) in [7, 11) is 3.13. The highest BCUT2D eigenvalue weighted by Gasteiger charge is 2.37. The molecule has 4 aliphatic heterocycles. The topological polar surface area (TPSA) is 102 Å². The molecule has 0 aliphatic carbocycles. The highest BCUT2D eigenvalue weighted by molar-refractivity contribution is 6.02. The standard InChI is InChI=1S/C31H36N4O6/c1-18-8-20-14-32-24-12-28(26(38-3)10-22(24)30(36)34(20)16-18)40-6-5-7-41-29-13-25-23(11-27(29)39-4)31(37)35-17-19(2)9-21(35)15-33-25/h10-13,20-21,32-33H,1-2,5-9,14-17H2,3-4H3/t20-,21?/m0/s1. The van der Waals surface area contributed by atoms with Crippen molar-refractivity contribution in [1.29, 1.82) is 0 Å². The van der Waals surface area contributed by atoms with Crippen LogP contribution in [0.5, 0.6) is 23.0 Å². The molecule has 4 heterocycles. The summed E-state index contributed by atoms with van der Waals surface area (Å²) in [6.45, 7) is 11.4. The van der Waals surface area contributed by atoms with Crippen LogP contribution in [0.25, 0.3) is 0 Å². The number of fused-ring (bicyclic) bond motifs is 4. The van der Waals surface area contributed by atoms with Gasteiger partial charge in [0, 0.05) is 44.7 Å². The van der Waals surface area contributed by atoms with E-state index in [2.05, 4.69) is 23.8 Å². The highest BCUT2D eigenvalue weighted by Crippen LogP contribution is 2.39. The Labute approximate surface area is 239 Å². The maximum absolute atomic E-state index is 13.2. The molecule has 2 amide bonds. The van der Waals surface area contributed by atoms with Crippen molar-refractivity contribution in [1.82, 2.24) is 9.80 Å². The van der Waals surface area contributed by atoms with E-state index >= 15 is 0 Å². The lowest BCUT2D eigenvalue weighted by Gasteiger charge is -2.21. The zero-order valence-electron chi connectivity index (χ0n) is 23.6. The monoisotopic (exact) mass is 560 g/mol. The number of ether oxygens (including phenoxy) is 4. The van der Waals surface area contributed by atoms with E-state index in [1.165, 1.54) is 0 Å². The molecule has 10 heteroatoms. The number of anilines is 2. The van der Waals surface area contributed by atoms with Crippen molar-refractivity contribution in [3.63, 3.8) is 0 Å². The average Bonchev–Trinajstić information content (AvgIpc) is 3.48. The predicted molar refractivity (Wildman–Crippen MR) is 156 cm³/mol. The average molecular weight is 561 g/mol. The van der Waals surface area contributed by atoms with Crippen molar-refractivity contribution in [3.05, 3.63) is 59.7 Å². The number of nitrogens with zero attached hydrogens (tertiary/aromatic N) is 2. The normalized spacial score (nSPS) is 21.1. The van der Waals surface area contributed by atoms with Crippen LogP contribution in [0.15, 0.2) is 48.6 Å². The molecule has 4 aliphatic rings. The molecule has 1 unspecified atom stereocenters. The van der Waals surface area contributed by atoms with E-state index in [1.807, 2.05) is 21.9 Å². The van der Waals surface area contributed by atoms with Gasteiger partial charge in [-0.25, -0.2) is 0 Å². The fourth-order valence-corrected chi connectivity index (χ4v) is 6.09. The van der Waals surface area contributed by atoms with Gasteiger partial charge in [-0.15, -0.1) is 0 Å². The Morgan fingerprint density at radius 1 is 0.732 bits per heavy atom. The Morgan fingerprint density at radius 2 is 1.17 bits per heavy atom. The number of hydrogen-bond acceptors (Lipinski definition) is 8. The molecule has 41 heavy (non-hydrogen) atoms. The van der Waals surface area contributed by atoms with Gasteiger partial charge < -0.3 is 39.4 Å². The highest BCUT2D eigenvalue weighted by atomic mass is 16.5. The first kappa shape index (κ1) is 26.9. The summed E-state index contributed by atoms with van der Waals surface area (Å²) < 4.78 is 23.3. The third kappa shape index (κ3) is 5.03. The minimum absolute atomic E-state index is 0.0244. The second kappa shape index (κ2) is 10.9. The summed E-state index contributed by atoms with van der Waals surface area (Å²) in [4.78, 5) is 30.2. The molecular formula is C31H36N4O6. The smallest absolute Gasteiger partial charge is 0.256 e. The van der Waals surface area contributed by atoms with E-state index in [4.69, 9.17) is 18.9 Å². The largest absolute Gasteiger partial charge is 0.493 e. The summed E-state index contributed by atoms with van der Waals surface area (Å²) in [6.07, 6.45) is 2.21. The number of nitrogens with one attached hydrogen (secondary N) is 2. The molecule has 2 fully saturated rings. The molecule has 0 aromatic heterocycles. The van der Waals surface area contributed by atoms with Crippen LogP contribution in [0.2, 0.25) is 0 Å². The first-order valence-electron chi connectivity index (χ1n) is 14.0. The van der Waals surface area contributed by atoms with Crippen LogP contribution in [0.3, 0.4) is 0 Å². The van der Waals surface area contributed by atoms with Crippen LogP contribution in [0, 0.1) is 0 Å². The van der Waals surface area contributed by atoms with E-state index in [9.17, 15) is 9.59 Å². The van der Waals surface area contributed by atoms with Gasteiger partial charge in [0.2, 0.25) is 0 Å². The molecule has 2 N–H and O–H groups in total. The number of carbonyl (C=O) groups is 2. The summed E-state index contributed by atoms with van der Waals surface area (Å²) in [5.74, 6) is 2.08. The van der Waals surface area contributed by atoms with E-state index in [-0.39, 0.29) is 23.9 Å². The molecule has 0 saturated carbocycles. The molecular weight excluding hydrogens is 524 g/mol. The van der Waals surface area contributed by atoms with E-state index in [0.717, 1.165) is 35.4 Å². The first-order chi connectivity index (χ1) is 19.9. The zero-order chi connectivity index (χ0) is 28.7. The van der Waals surface area contributed by atoms with Gasteiger partial charge in [-0.05, 0) is 25.0 Å². The van der Waals surface area contributed by atoms with Crippen molar-refractivity contribution in [2.75, 3.05) is 64.2 Å². The molecule has 2 aromatic rings. The van der Waals surface area contributed by atoms with Gasteiger partial charge >= 0.3 is 0 Å². The number of methoxy groups -OCH3 is 2. The first-order valence-corrected chi connectivity index (χ1v) is 14.0. The Balaban J connectivity index is 1.09. The maximum atomic E-state index is 13.2. The van der Waals surface area contributed by atoms with E-state index in [0.29, 0.717) is 79.9 Å². The van der Waals surface area contributed by atoms with Gasteiger partial charge in [-0.3, -0.25) is 9.59 Å². The SMILES string of the molecule is C=C1CC2CNc3cc(OCCCOc4cc5c(cc4OC)C(=O)N4CC(=C)C[C@H]4CN5)c(OC)cc3C(=O)N2C1. The van der Waals surface area contributed by atoms with Crippen LogP contribution in [0.4, 0.5) is 11.4 Å². The van der Waals surface area contributed by atoms with Crippen molar-refractivity contribution >= 4 is 23.2 Å². The van der Waals surface area contributed by atoms with E-state index in [1.54, 1.807) is 26.4 Å². The molecule has 0 bridgehead atoms. The maximum Gasteiger partial charge on any atom is 0.256 e. The summed E-state index contributed by atoms with van der Waals surface area (Å²) >= 11 is 0. The predicted octanol–water partition coefficient (Wildman–Crippen LogP) is 3.94. The number of benzene rings is 2. The van der Waals surface area contributed by atoms with Gasteiger partial charge in [0.1, 0.15) is 0 Å².